The molecule has 0 unspecified atom stereocenters. The average Bonchev–Trinajstić information content (AvgIpc) is 2.92. The number of hydrogen-bond acceptors (Lipinski definition) is 3. The molecule has 0 aliphatic rings. The van der Waals surface area contributed by atoms with E-state index >= 15 is 0 Å². The maximum Gasteiger partial charge on any atom is 0.0991 e. The van der Waals surface area contributed by atoms with Crippen molar-refractivity contribution in [2.75, 3.05) is 11.9 Å². The maximum absolute atomic E-state index is 8.74. The predicted molar refractivity (Wildman–Crippen MR) is 77.0 cm³/mol. The van der Waals surface area contributed by atoms with Crippen LogP contribution in [-0.4, -0.2) is 6.54 Å². The molecule has 2 rings (SSSR count). The summed E-state index contributed by atoms with van der Waals surface area (Å²) in [6, 6.07) is 13.9. The smallest absolute Gasteiger partial charge is 0.0991 e. The molecule has 0 aliphatic carbocycles. The van der Waals surface area contributed by atoms with Crippen molar-refractivity contribution in [1.29, 1.82) is 5.26 Å². The summed E-state index contributed by atoms with van der Waals surface area (Å²) in [5.74, 6) is 0. The number of thiophene rings is 1. The molecule has 1 aromatic carbocycles. The topological polar surface area (TPSA) is 35.8 Å². The van der Waals surface area contributed by atoms with Gasteiger partial charge in [-0.2, -0.15) is 5.26 Å². The van der Waals surface area contributed by atoms with E-state index in [0.717, 1.165) is 12.2 Å². The summed E-state index contributed by atoms with van der Waals surface area (Å²) < 4.78 is 0. The van der Waals surface area contributed by atoms with Crippen molar-refractivity contribution < 1.29 is 0 Å². The molecule has 0 bridgehead atoms. The fraction of sp³-hybridized carbons (Fsp3) is 0.267. The van der Waals surface area contributed by atoms with E-state index in [9.17, 15) is 0 Å². The van der Waals surface area contributed by atoms with Gasteiger partial charge in [0.1, 0.15) is 0 Å². The first-order valence-electron chi connectivity index (χ1n) is 5.90. The van der Waals surface area contributed by atoms with Crippen LogP contribution in [0.5, 0.6) is 0 Å². The van der Waals surface area contributed by atoms with Gasteiger partial charge in [-0.3, -0.25) is 0 Å². The molecule has 0 radical (unpaired) electrons. The van der Waals surface area contributed by atoms with Crippen LogP contribution in [0.1, 0.15) is 24.3 Å². The molecule has 18 heavy (non-hydrogen) atoms. The molecule has 0 amide bonds. The van der Waals surface area contributed by atoms with Gasteiger partial charge in [-0.1, -0.05) is 19.9 Å². The molecule has 0 spiro atoms. The molecule has 0 atom stereocenters. The highest BCUT2D eigenvalue weighted by Gasteiger charge is 2.21. The Bertz CT molecular complexity index is 533. The third-order valence-electron chi connectivity index (χ3n) is 2.94. The molecular formula is C15H16N2S. The average molecular weight is 256 g/mol. The first-order chi connectivity index (χ1) is 8.62. The van der Waals surface area contributed by atoms with Crippen molar-refractivity contribution in [2.45, 2.75) is 19.3 Å². The molecule has 1 aromatic heterocycles. The van der Waals surface area contributed by atoms with Crippen LogP contribution >= 0.6 is 11.3 Å². The Morgan fingerprint density at radius 1 is 1.22 bits per heavy atom. The van der Waals surface area contributed by atoms with E-state index in [1.807, 2.05) is 24.3 Å². The second-order valence-electron chi connectivity index (χ2n) is 4.90. The van der Waals surface area contributed by atoms with Crippen LogP contribution in [0.15, 0.2) is 41.8 Å². The van der Waals surface area contributed by atoms with E-state index in [1.165, 1.54) is 4.88 Å². The Labute approximate surface area is 112 Å². The molecule has 0 saturated carbocycles. The van der Waals surface area contributed by atoms with E-state index in [4.69, 9.17) is 5.26 Å². The predicted octanol–water partition coefficient (Wildman–Crippen LogP) is 4.01. The van der Waals surface area contributed by atoms with Gasteiger partial charge in [-0.15, -0.1) is 11.3 Å². The Hall–Kier alpha value is -1.79. The van der Waals surface area contributed by atoms with Crippen LogP contribution in [0.25, 0.3) is 0 Å². The SMILES string of the molecule is CC(C)(CNc1ccc(C#N)cc1)c1cccs1. The van der Waals surface area contributed by atoms with Crippen LogP contribution < -0.4 is 5.32 Å². The van der Waals surface area contributed by atoms with Gasteiger partial charge in [-0.05, 0) is 35.7 Å². The Kier molecular flexibility index (Phi) is 3.69. The molecule has 1 N–H and O–H groups in total. The van der Waals surface area contributed by atoms with Crippen LogP contribution in [-0.2, 0) is 5.41 Å². The molecule has 2 nitrogen and oxygen atoms in total. The van der Waals surface area contributed by atoms with Crippen LogP contribution in [0, 0.1) is 11.3 Å². The molecule has 1 heterocycles. The monoisotopic (exact) mass is 256 g/mol. The van der Waals surface area contributed by atoms with E-state index in [0.29, 0.717) is 5.56 Å². The summed E-state index contributed by atoms with van der Waals surface area (Å²) in [7, 11) is 0. The largest absolute Gasteiger partial charge is 0.384 e. The zero-order valence-electron chi connectivity index (χ0n) is 10.6. The second-order valence-corrected chi connectivity index (χ2v) is 5.85. The molecule has 0 fully saturated rings. The zero-order valence-corrected chi connectivity index (χ0v) is 11.4. The number of benzene rings is 1. The van der Waals surface area contributed by atoms with E-state index < -0.39 is 0 Å². The summed E-state index contributed by atoms with van der Waals surface area (Å²) in [4.78, 5) is 1.38. The molecule has 3 heteroatoms. The third-order valence-corrected chi connectivity index (χ3v) is 4.17. The normalized spacial score (nSPS) is 10.9. The van der Waals surface area contributed by atoms with E-state index in [-0.39, 0.29) is 5.41 Å². The fourth-order valence-electron chi connectivity index (χ4n) is 1.74. The lowest BCUT2D eigenvalue weighted by Gasteiger charge is -2.24. The van der Waals surface area contributed by atoms with Gasteiger partial charge in [0, 0.05) is 22.5 Å². The highest BCUT2D eigenvalue weighted by Crippen LogP contribution is 2.27. The summed E-state index contributed by atoms with van der Waals surface area (Å²) in [6.45, 7) is 5.34. The lowest BCUT2D eigenvalue weighted by molar-refractivity contribution is 0.569. The van der Waals surface area contributed by atoms with Gasteiger partial charge < -0.3 is 5.32 Å². The maximum atomic E-state index is 8.74. The van der Waals surface area contributed by atoms with Gasteiger partial charge in [0.15, 0.2) is 0 Å². The number of anilines is 1. The molecule has 0 saturated heterocycles. The number of nitriles is 1. The van der Waals surface area contributed by atoms with Gasteiger partial charge >= 0.3 is 0 Å². The number of nitrogens with one attached hydrogen (secondary N) is 1. The highest BCUT2D eigenvalue weighted by molar-refractivity contribution is 7.10. The number of nitrogens with zero attached hydrogens (tertiary/aromatic N) is 1. The highest BCUT2D eigenvalue weighted by atomic mass is 32.1. The molecule has 2 aromatic rings. The van der Waals surface area contributed by atoms with Crippen molar-refractivity contribution >= 4 is 17.0 Å². The van der Waals surface area contributed by atoms with E-state index in [2.05, 4.69) is 42.7 Å². The van der Waals surface area contributed by atoms with Gasteiger partial charge in [0.25, 0.3) is 0 Å². The van der Waals surface area contributed by atoms with Crippen molar-refractivity contribution in [1.82, 2.24) is 0 Å². The van der Waals surface area contributed by atoms with Crippen molar-refractivity contribution in [3.63, 3.8) is 0 Å². The summed E-state index contributed by atoms with van der Waals surface area (Å²) in [6.07, 6.45) is 0. The zero-order chi connectivity index (χ0) is 13.0. The Balaban J connectivity index is 2.01. The Morgan fingerprint density at radius 2 is 1.94 bits per heavy atom. The first kappa shape index (κ1) is 12.7. The van der Waals surface area contributed by atoms with Crippen molar-refractivity contribution in [2.24, 2.45) is 0 Å². The minimum absolute atomic E-state index is 0.113. The lowest BCUT2D eigenvalue weighted by Crippen LogP contribution is -2.26. The minimum atomic E-state index is 0.113. The molecule has 0 aliphatic heterocycles. The molecular weight excluding hydrogens is 240 g/mol. The fourth-order valence-corrected chi connectivity index (χ4v) is 2.59. The third kappa shape index (κ3) is 2.91. The van der Waals surface area contributed by atoms with Crippen molar-refractivity contribution in [3.8, 4) is 6.07 Å². The molecule has 92 valence electrons. The van der Waals surface area contributed by atoms with Gasteiger partial charge in [0.2, 0.25) is 0 Å². The van der Waals surface area contributed by atoms with E-state index in [1.54, 1.807) is 11.3 Å². The second kappa shape index (κ2) is 5.24. The van der Waals surface area contributed by atoms with Crippen LogP contribution in [0.3, 0.4) is 0 Å². The number of hydrogen-bond donors (Lipinski definition) is 1. The van der Waals surface area contributed by atoms with Gasteiger partial charge in [0.05, 0.1) is 11.6 Å². The van der Waals surface area contributed by atoms with Crippen molar-refractivity contribution in [3.05, 3.63) is 52.2 Å². The number of rotatable bonds is 4. The summed E-state index contributed by atoms with van der Waals surface area (Å²) >= 11 is 1.79. The van der Waals surface area contributed by atoms with Gasteiger partial charge in [-0.25, -0.2) is 0 Å². The Morgan fingerprint density at radius 3 is 2.50 bits per heavy atom. The van der Waals surface area contributed by atoms with Crippen LogP contribution in [0.4, 0.5) is 5.69 Å². The standard InChI is InChI=1S/C15H16N2S/c1-15(2,14-4-3-9-18-14)11-17-13-7-5-12(10-16)6-8-13/h3-9,17H,11H2,1-2H3. The van der Waals surface area contributed by atoms with Crippen LogP contribution in [0.2, 0.25) is 0 Å². The minimum Gasteiger partial charge on any atom is -0.384 e. The summed E-state index contributed by atoms with van der Waals surface area (Å²) in [5, 5.41) is 14.3. The quantitative estimate of drug-likeness (QED) is 0.897. The first-order valence-corrected chi connectivity index (χ1v) is 6.78. The lowest BCUT2D eigenvalue weighted by atomic mass is 9.91. The summed E-state index contributed by atoms with van der Waals surface area (Å²) in [5.41, 5.74) is 1.86.